The molecule has 1 aliphatic rings. The zero-order valence-electron chi connectivity index (χ0n) is 17.4. The third-order valence-corrected chi connectivity index (χ3v) is 5.51. The van der Waals surface area contributed by atoms with Crippen molar-refractivity contribution in [2.45, 2.75) is 84.0 Å². The summed E-state index contributed by atoms with van der Waals surface area (Å²) in [7, 11) is 0. The molecule has 0 aromatic heterocycles. The van der Waals surface area contributed by atoms with Gasteiger partial charge >= 0.3 is 11.9 Å². The molecule has 0 atom stereocenters. The fraction of sp³-hybridized carbons (Fsp3) is 0.667. The Balaban J connectivity index is 1.63. The lowest BCUT2D eigenvalue weighted by atomic mass is 9.90. The first-order valence-corrected chi connectivity index (χ1v) is 11.1. The molecule has 0 saturated heterocycles. The summed E-state index contributed by atoms with van der Waals surface area (Å²) in [6.45, 7) is 3.17. The molecule has 1 aromatic rings. The van der Waals surface area contributed by atoms with Gasteiger partial charge in [0.15, 0.2) is 0 Å². The Morgan fingerprint density at radius 1 is 0.786 bits per heavy atom. The number of benzene rings is 1. The Bertz CT molecular complexity index is 573. The number of carbonyl (C=O) groups excluding carboxylic acids is 2. The Labute approximate surface area is 170 Å². The predicted octanol–water partition coefficient (Wildman–Crippen LogP) is 6.33. The van der Waals surface area contributed by atoms with Crippen LogP contribution in [0, 0.1) is 5.92 Å². The molecule has 1 aromatic carbocycles. The zero-order valence-corrected chi connectivity index (χ0v) is 17.4. The molecule has 1 saturated carbocycles. The van der Waals surface area contributed by atoms with E-state index in [1.165, 1.54) is 51.4 Å². The van der Waals surface area contributed by atoms with Crippen LogP contribution in [0.1, 0.15) is 105 Å². The summed E-state index contributed by atoms with van der Waals surface area (Å²) in [6.07, 6.45) is 14.4. The third kappa shape index (κ3) is 8.45. The first-order valence-electron chi connectivity index (χ1n) is 11.1. The average Bonchev–Trinajstić information content (AvgIpc) is 2.74. The largest absolute Gasteiger partial charge is 0.462 e. The minimum atomic E-state index is -0.326. The van der Waals surface area contributed by atoms with Crippen molar-refractivity contribution in [3.63, 3.8) is 0 Å². The van der Waals surface area contributed by atoms with E-state index in [4.69, 9.17) is 9.47 Å². The van der Waals surface area contributed by atoms with Crippen molar-refractivity contribution in [1.82, 2.24) is 0 Å². The minimum absolute atomic E-state index is 0.312. The Morgan fingerprint density at radius 2 is 1.32 bits per heavy atom. The van der Waals surface area contributed by atoms with Gasteiger partial charge in [-0.2, -0.15) is 0 Å². The number of unbranched alkanes of at least 4 members (excludes halogenated alkanes) is 6. The summed E-state index contributed by atoms with van der Waals surface area (Å²) in [5.74, 6) is -0.139. The maximum absolute atomic E-state index is 12.2. The van der Waals surface area contributed by atoms with Gasteiger partial charge in [0.05, 0.1) is 24.3 Å². The van der Waals surface area contributed by atoms with Crippen molar-refractivity contribution in [3.05, 3.63) is 35.4 Å². The molecule has 156 valence electrons. The number of rotatable bonds is 12. The van der Waals surface area contributed by atoms with E-state index in [2.05, 4.69) is 6.92 Å². The Kier molecular flexibility index (Phi) is 10.7. The van der Waals surface area contributed by atoms with E-state index in [0.29, 0.717) is 30.3 Å². The Morgan fingerprint density at radius 3 is 1.93 bits per heavy atom. The van der Waals surface area contributed by atoms with Crippen LogP contribution in [0.25, 0.3) is 0 Å². The number of hydrogen-bond acceptors (Lipinski definition) is 4. The van der Waals surface area contributed by atoms with Crippen molar-refractivity contribution in [2.75, 3.05) is 13.2 Å². The fourth-order valence-electron chi connectivity index (χ4n) is 3.68. The number of hydrogen-bond donors (Lipinski definition) is 0. The molecule has 4 heteroatoms. The van der Waals surface area contributed by atoms with Gasteiger partial charge in [-0.25, -0.2) is 9.59 Å². The molecule has 0 radical (unpaired) electrons. The lowest BCUT2D eigenvalue weighted by Crippen LogP contribution is -2.17. The van der Waals surface area contributed by atoms with E-state index in [-0.39, 0.29) is 11.9 Å². The molecule has 0 unspecified atom stereocenters. The summed E-state index contributed by atoms with van der Waals surface area (Å²) in [4.78, 5) is 24.3. The molecule has 0 amide bonds. The van der Waals surface area contributed by atoms with Gasteiger partial charge in [-0.05, 0) is 49.4 Å². The van der Waals surface area contributed by atoms with Crippen molar-refractivity contribution in [1.29, 1.82) is 0 Å². The topological polar surface area (TPSA) is 52.6 Å². The van der Waals surface area contributed by atoms with Crippen LogP contribution < -0.4 is 0 Å². The second-order valence-electron chi connectivity index (χ2n) is 7.94. The second kappa shape index (κ2) is 13.4. The lowest BCUT2D eigenvalue weighted by molar-refractivity contribution is 0.0408. The van der Waals surface area contributed by atoms with Crippen molar-refractivity contribution in [3.8, 4) is 0 Å². The first kappa shape index (κ1) is 22.4. The highest BCUT2D eigenvalue weighted by Gasteiger charge is 2.16. The summed E-state index contributed by atoms with van der Waals surface area (Å²) >= 11 is 0. The highest BCUT2D eigenvalue weighted by Crippen LogP contribution is 2.24. The summed E-state index contributed by atoms with van der Waals surface area (Å²) in [5, 5.41) is 0. The van der Waals surface area contributed by atoms with Crippen LogP contribution in [-0.4, -0.2) is 25.2 Å². The molecule has 1 aliphatic carbocycles. The standard InChI is InChI=1S/C24H36O4/c1-2-3-4-5-6-7-11-18-27-23(25)21-14-16-22(17-15-21)24(26)28-19-20-12-9-8-10-13-20/h14-17,20H,2-13,18-19H2,1H3. The van der Waals surface area contributed by atoms with Gasteiger partial charge in [-0.1, -0.05) is 64.7 Å². The van der Waals surface area contributed by atoms with Gasteiger partial charge < -0.3 is 9.47 Å². The van der Waals surface area contributed by atoms with Crippen LogP contribution in [0.5, 0.6) is 0 Å². The minimum Gasteiger partial charge on any atom is -0.462 e. The van der Waals surface area contributed by atoms with Gasteiger partial charge in [0.25, 0.3) is 0 Å². The van der Waals surface area contributed by atoms with Crippen molar-refractivity contribution < 1.29 is 19.1 Å². The van der Waals surface area contributed by atoms with Crippen LogP contribution in [0.4, 0.5) is 0 Å². The van der Waals surface area contributed by atoms with Gasteiger partial charge in [-0.3, -0.25) is 0 Å². The van der Waals surface area contributed by atoms with Crippen molar-refractivity contribution >= 4 is 11.9 Å². The highest BCUT2D eigenvalue weighted by molar-refractivity contribution is 5.93. The molecule has 28 heavy (non-hydrogen) atoms. The first-order chi connectivity index (χ1) is 13.7. The number of carbonyl (C=O) groups is 2. The summed E-state index contributed by atoms with van der Waals surface area (Å²) < 4.78 is 10.8. The van der Waals surface area contributed by atoms with Crippen LogP contribution >= 0.6 is 0 Å². The van der Waals surface area contributed by atoms with E-state index in [1.807, 2.05) is 0 Å². The molecule has 0 spiro atoms. The molecule has 2 rings (SSSR count). The molecule has 4 nitrogen and oxygen atoms in total. The van der Waals surface area contributed by atoms with Gasteiger partial charge in [0.2, 0.25) is 0 Å². The lowest BCUT2D eigenvalue weighted by Gasteiger charge is -2.21. The number of ether oxygens (including phenoxy) is 2. The maximum atomic E-state index is 12.2. The van der Waals surface area contributed by atoms with Gasteiger partial charge in [-0.15, -0.1) is 0 Å². The van der Waals surface area contributed by atoms with Crippen LogP contribution in [0.2, 0.25) is 0 Å². The molecule has 0 N–H and O–H groups in total. The van der Waals surface area contributed by atoms with Gasteiger partial charge in [0.1, 0.15) is 0 Å². The van der Waals surface area contributed by atoms with E-state index >= 15 is 0 Å². The van der Waals surface area contributed by atoms with E-state index in [0.717, 1.165) is 25.7 Å². The monoisotopic (exact) mass is 388 g/mol. The highest BCUT2D eigenvalue weighted by atomic mass is 16.5. The Hall–Kier alpha value is -1.84. The van der Waals surface area contributed by atoms with Crippen molar-refractivity contribution in [2.24, 2.45) is 5.92 Å². The fourth-order valence-corrected chi connectivity index (χ4v) is 3.68. The normalized spacial score (nSPS) is 14.6. The maximum Gasteiger partial charge on any atom is 0.338 e. The second-order valence-corrected chi connectivity index (χ2v) is 7.94. The molecular formula is C24H36O4. The summed E-state index contributed by atoms with van der Waals surface area (Å²) in [5.41, 5.74) is 0.964. The quantitative estimate of drug-likeness (QED) is 0.310. The smallest absolute Gasteiger partial charge is 0.338 e. The van der Waals surface area contributed by atoms with Crippen LogP contribution in [-0.2, 0) is 9.47 Å². The van der Waals surface area contributed by atoms with Crippen LogP contribution in [0.15, 0.2) is 24.3 Å². The van der Waals surface area contributed by atoms with E-state index in [9.17, 15) is 9.59 Å². The summed E-state index contributed by atoms with van der Waals surface area (Å²) in [6, 6.07) is 6.58. The third-order valence-electron chi connectivity index (χ3n) is 5.51. The molecule has 1 fully saturated rings. The number of esters is 2. The zero-order chi connectivity index (χ0) is 20.0. The molecular weight excluding hydrogens is 352 g/mol. The van der Waals surface area contributed by atoms with Gasteiger partial charge in [0, 0.05) is 0 Å². The van der Waals surface area contributed by atoms with Crippen LogP contribution in [0.3, 0.4) is 0 Å². The van der Waals surface area contributed by atoms with E-state index in [1.54, 1.807) is 24.3 Å². The predicted molar refractivity (Wildman–Crippen MR) is 112 cm³/mol. The SMILES string of the molecule is CCCCCCCCCOC(=O)c1ccc(C(=O)OCC2CCCCC2)cc1. The molecule has 0 heterocycles. The van der Waals surface area contributed by atoms with E-state index < -0.39 is 0 Å². The molecule has 0 bridgehead atoms. The molecule has 0 aliphatic heterocycles. The average molecular weight is 389 g/mol.